The minimum atomic E-state index is -0.863. The highest BCUT2D eigenvalue weighted by molar-refractivity contribution is 7.25. The lowest BCUT2D eigenvalue weighted by Gasteiger charge is -2.14. The molecule has 0 saturated heterocycles. The van der Waals surface area contributed by atoms with E-state index in [1.54, 1.807) is 35.6 Å². The summed E-state index contributed by atoms with van der Waals surface area (Å²) >= 11 is 1.57. The number of rotatable bonds is 6. The maximum atomic E-state index is 10.00. The summed E-state index contributed by atoms with van der Waals surface area (Å²) < 4.78 is 221. The highest BCUT2D eigenvalue weighted by Gasteiger charge is 2.22. The third-order valence-corrected chi connectivity index (χ3v) is 11.8. The molecule has 4 heterocycles. The minimum Gasteiger partial charge on any atom is -0.278 e. The number of nitrogens with zero attached hydrogens (tertiary/aromatic N) is 5. The van der Waals surface area contributed by atoms with Gasteiger partial charge in [0.15, 0.2) is 5.82 Å². The van der Waals surface area contributed by atoms with Crippen molar-refractivity contribution >= 4 is 75.1 Å². The van der Waals surface area contributed by atoms with E-state index in [1.165, 1.54) is 0 Å². The molecule has 63 heavy (non-hydrogen) atoms. The summed E-state index contributed by atoms with van der Waals surface area (Å²) in [6.45, 7) is 0. The van der Waals surface area contributed by atoms with Gasteiger partial charge in [-0.25, -0.2) is 0 Å². The van der Waals surface area contributed by atoms with E-state index in [2.05, 4.69) is 0 Å². The van der Waals surface area contributed by atoms with E-state index >= 15 is 0 Å². The summed E-state index contributed by atoms with van der Waals surface area (Å²) in [5, 5.41) is 0.242. The van der Waals surface area contributed by atoms with Gasteiger partial charge in [-0.05, 0) is 75.7 Å². The van der Waals surface area contributed by atoms with Crippen LogP contribution in [0.2, 0.25) is 0 Å². The van der Waals surface area contributed by atoms with Crippen LogP contribution in [0.1, 0.15) is 32.9 Å². The van der Waals surface area contributed by atoms with Crippen molar-refractivity contribution in [2.75, 3.05) is 0 Å². The van der Waals surface area contributed by atoms with Gasteiger partial charge in [0.2, 0.25) is 11.9 Å². The maximum absolute atomic E-state index is 10.00. The Morgan fingerprint density at radius 2 is 0.873 bits per heavy atom. The van der Waals surface area contributed by atoms with Crippen molar-refractivity contribution in [3.63, 3.8) is 0 Å². The first kappa shape index (κ1) is 19.2. The summed E-state index contributed by atoms with van der Waals surface area (Å²) in [5.74, 6) is -1.66. The molecule has 0 atom stereocenters. The van der Waals surface area contributed by atoms with Crippen LogP contribution in [0.4, 0.5) is 0 Å². The average Bonchev–Trinajstić information content (AvgIpc) is 1.58. The van der Waals surface area contributed by atoms with Crippen molar-refractivity contribution in [3.05, 3.63) is 212 Å². The van der Waals surface area contributed by atoms with Gasteiger partial charge in [-0.15, -0.1) is 11.3 Å². The highest BCUT2D eigenvalue weighted by Crippen LogP contribution is 2.39. The molecule has 0 N–H and O–H groups in total. The maximum Gasteiger partial charge on any atom is 0.240 e. The van der Waals surface area contributed by atoms with Gasteiger partial charge in [-0.2, -0.15) is 15.0 Å². The van der Waals surface area contributed by atoms with E-state index in [0.29, 0.717) is 5.56 Å². The predicted octanol–water partition coefficient (Wildman–Crippen LogP) is 15.1. The van der Waals surface area contributed by atoms with E-state index < -0.39 is 223 Å². The van der Waals surface area contributed by atoms with E-state index in [0.717, 1.165) is 34.9 Å². The molecule has 0 saturated carbocycles. The van der Waals surface area contributed by atoms with Crippen LogP contribution < -0.4 is 0 Å². The van der Waals surface area contributed by atoms with Crippen LogP contribution in [0.3, 0.4) is 0 Å². The monoisotopic (exact) mass is 845 g/mol. The molecular weight excluding hydrogens is 787 g/mol. The van der Waals surface area contributed by atoms with Gasteiger partial charge in [0, 0.05) is 47.3 Å². The number of aromatic nitrogens is 5. The average molecular weight is 846 g/mol. The molecule has 13 rings (SSSR count). The molecule has 0 aliphatic heterocycles. The first-order chi connectivity index (χ1) is 41.2. The fourth-order valence-corrected chi connectivity index (χ4v) is 8.99. The number of benzene rings is 9. The smallest absolute Gasteiger partial charge is 0.240 e. The van der Waals surface area contributed by atoms with E-state index in [1.807, 2.05) is 42.5 Å². The molecule has 0 amide bonds. The fourth-order valence-electron chi connectivity index (χ4n) is 7.85. The Morgan fingerprint density at radius 1 is 0.349 bits per heavy atom. The lowest BCUT2D eigenvalue weighted by molar-refractivity contribution is 0.893. The van der Waals surface area contributed by atoms with Gasteiger partial charge >= 0.3 is 0 Å². The summed E-state index contributed by atoms with van der Waals surface area (Å²) in [5.41, 5.74) is -3.33. The molecule has 13 aromatic rings. The van der Waals surface area contributed by atoms with Gasteiger partial charge in [0.25, 0.3) is 0 Å². The van der Waals surface area contributed by atoms with Gasteiger partial charge in [-0.3, -0.25) is 9.13 Å². The Hall–Kier alpha value is -8.19. The van der Waals surface area contributed by atoms with Crippen LogP contribution in [0.25, 0.3) is 120 Å². The normalized spacial score (nSPS) is 17.1. The van der Waals surface area contributed by atoms with Crippen LogP contribution in [0.5, 0.6) is 0 Å². The zero-order valence-corrected chi connectivity index (χ0v) is 32.8. The Bertz CT molecular complexity index is 5060. The largest absolute Gasteiger partial charge is 0.278 e. The van der Waals surface area contributed by atoms with Gasteiger partial charge in [0.05, 0.1) is 55.0 Å². The van der Waals surface area contributed by atoms with Crippen molar-refractivity contribution < 1.29 is 32.9 Å². The van der Waals surface area contributed by atoms with Crippen LogP contribution in [0, 0.1) is 0 Å². The molecule has 0 aliphatic carbocycles. The molecule has 0 radical (unpaired) electrons. The van der Waals surface area contributed by atoms with Gasteiger partial charge in [-0.1, -0.05) is 169 Å². The van der Waals surface area contributed by atoms with Gasteiger partial charge < -0.3 is 0 Å². The van der Waals surface area contributed by atoms with E-state index in [4.69, 9.17) is 34.1 Å². The topological polar surface area (TPSA) is 48.5 Å². The fraction of sp³-hybridized carbons (Fsp3) is 0. The SMILES string of the molecule is [2H]c1c([2H])c([2H])c(-c2c([2H])c([2H])c3c4c([2H])c([2H])c([2H])c([2H])c4n(-c4nc(-c5cccc(-c6ccc7c(c6)sc6ccccc67)c5)nc(-n5c6c([2H])c([2H])c([2H])c([2H])c6c6c([2H])c([2H])c(-c7c([2H])c([2H])c([2H])c([2H])c7[2H])c([2H])c65)n4)c3c2[2H])c([2H])c1[2H]. The zero-order chi connectivity index (χ0) is 62.3. The van der Waals surface area contributed by atoms with Crippen molar-refractivity contribution in [2.45, 2.75) is 0 Å². The van der Waals surface area contributed by atoms with Crippen molar-refractivity contribution in [2.24, 2.45) is 0 Å². The molecule has 9 aromatic carbocycles. The summed E-state index contributed by atoms with van der Waals surface area (Å²) in [6.07, 6.45) is 0. The minimum absolute atomic E-state index is 0.181. The van der Waals surface area contributed by atoms with E-state index in [-0.39, 0.29) is 11.4 Å². The van der Waals surface area contributed by atoms with E-state index in [9.17, 15) is 13.7 Å². The lowest BCUT2D eigenvalue weighted by atomic mass is 10.0. The number of hydrogen-bond acceptors (Lipinski definition) is 4. The van der Waals surface area contributed by atoms with Crippen LogP contribution >= 0.6 is 11.3 Å². The third-order valence-electron chi connectivity index (χ3n) is 10.7. The second kappa shape index (κ2) is 14.2. The molecule has 6 heteroatoms. The van der Waals surface area contributed by atoms with Gasteiger partial charge in [0.1, 0.15) is 0 Å². The molecular formula is C57H35N5S. The molecule has 5 nitrogen and oxygen atoms in total. The lowest BCUT2D eigenvalue weighted by Crippen LogP contribution is -2.10. The van der Waals surface area contributed by atoms with Crippen molar-refractivity contribution in [3.8, 4) is 56.7 Å². The Kier molecular flexibility index (Phi) is 4.34. The van der Waals surface area contributed by atoms with Crippen molar-refractivity contribution in [1.82, 2.24) is 24.1 Å². The van der Waals surface area contributed by atoms with Crippen LogP contribution in [0.15, 0.2) is 212 Å². The van der Waals surface area contributed by atoms with Crippen LogP contribution in [-0.4, -0.2) is 24.1 Å². The highest BCUT2D eigenvalue weighted by atomic mass is 32.1. The number of thiophene rings is 1. The Labute approximate surface area is 400 Å². The standard InChI is InChI=1S/C57H35N5S/c1-3-14-36(15-4-1)39-26-29-45-43-20-7-10-23-49(43)61(51(45)33-39)56-58-55(42-19-13-18-38(32-42)41-28-31-48-47-22-9-12-25-53(47)63-54(48)35-41)59-57(60-56)62-50-24-11-8-21-44(50)46-30-27-40(34-52(46)62)37-16-5-2-6-17-37/h1-35H/i1D,2D,3D,4D,5D,6D,7D,8D,10D,11D,14D,15D,16D,17D,20D,21D,23D,24D,26D,27D,29D,30D,33D,34D. The quantitative estimate of drug-likeness (QED) is 0.167. The second-order valence-corrected chi connectivity index (χ2v) is 15.3. The number of para-hydroxylation sites is 2. The molecule has 0 fully saturated rings. The molecule has 0 spiro atoms. The van der Waals surface area contributed by atoms with Crippen molar-refractivity contribution in [1.29, 1.82) is 0 Å². The summed E-state index contributed by atoms with van der Waals surface area (Å²) in [4.78, 5) is 14.7. The molecule has 0 unspecified atom stereocenters. The first-order valence-electron chi connectivity index (χ1n) is 31.2. The summed E-state index contributed by atoms with van der Waals surface area (Å²) in [7, 11) is 0. The predicted molar refractivity (Wildman–Crippen MR) is 263 cm³/mol. The Balaban J connectivity index is 1.23. The Morgan fingerprint density at radius 3 is 1.51 bits per heavy atom. The van der Waals surface area contributed by atoms with Crippen LogP contribution in [-0.2, 0) is 0 Å². The third kappa shape index (κ3) is 5.80. The number of fused-ring (bicyclic) bond motifs is 9. The zero-order valence-electron chi connectivity index (χ0n) is 56.0. The number of hydrogen-bond donors (Lipinski definition) is 0. The summed E-state index contributed by atoms with van der Waals surface area (Å²) in [6, 6.07) is 0.584. The second-order valence-electron chi connectivity index (χ2n) is 14.2. The molecule has 4 aromatic heterocycles. The molecule has 294 valence electrons. The molecule has 0 aliphatic rings. The molecule has 0 bridgehead atoms. The first-order valence-corrected chi connectivity index (χ1v) is 20.0.